The van der Waals surface area contributed by atoms with E-state index in [0.717, 1.165) is 0 Å². The molecule has 2 aromatic rings. The molecule has 1 N–H and O–H groups in total. The standard InChI is InChI=1S/C19H19Cl3N2O2/c1-3-24(4-2)19(26)17(12-8-9-15(21)16(22)11-12)23-18(25)13-6-5-7-14(20)10-13/h5-11,17H,3-4H2,1-2H3,(H,23,25). The maximum atomic E-state index is 12.9. The van der Waals surface area contributed by atoms with Crippen LogP contribution in [0, 0.1) is 0 Å². The zero-order chi connectivity index (χ0) is 19.3. The number of amides is 2. The molecule has 2 aromatic carbocycles. The van der Waals surface area contributed by atoms with Crippen molar-refractivity contribution >= 4 is 46.6 Å². The van der Waals surface area contributed by atoms with Gasteiger partial charge in [-0.25, -0.2) is 0 Å². The van der Waals surface area contributed by atoms with Crippen LogP contribution in [0.1, 0.15) is 35.8 Å². The SMILES string of the molecule is CCN(CC)C(=O)C(NC(=O)c1cccc(Cl)c1)c1ccc(Cl)c(Cl)c1. The van der Waals surface area contributed by atoms with Crippen molar-refractivity contribution in [3.8, 4) is 0 Å². The fourth-order valence-electron chi connectivity index (χ4n) is 2.54. The Labute approximate surface area is 168 Å². The third-order valence-electron chi connectivity index (χ3n) is 3.96. The van der Waals surface area contributed by atoms with Crippen molar-refractivity contribution in [3.05, 3.63) is 68.7 Å². The first kappa shape index (κ1) is 20.6. The lowest BCUT2D eigenvalue weighted by atomic mass is 10.0. The Balaban J connectivity index is 2.38. The van der Waals surface area contributed by atoms with E-state index in [1.165, 1.54) is 0 Å². The molecular formula is C19H19Cl3N2O2. The molecule has 1 atom stereocenters. The van der Waals surface area contributed by atoms with Crippen molar-refractivity contribution in [3.63, 3.8) is 0 Å². The number of nitrogens with one attached hydrogen (secondary N) is 1. The van der Waals surface area contributed by atoms with Crippen LogP contribution in [0.25, 0.3) is 0 Å². The summed E-state index contributed by atoms with van der Waals surface area (Å²) in [4.78, 5) is 27.2. The van der Waals surface area contributed by atoms with Gasteiger partial charge in [-0.15, -0.1) is 0 Å². The highest BCUT2D eigenvalue weighted by atomic mass is 35.5. The summed E-state index contributed by atoms with van der Waals surface area (Å²) in [7, 11) is 0. The molecule has 26 heavy (non-hydrogen) atoms. The van der Waals surface area contributed by atoms with Gasteiger partial charge in [0.15, 0.2) is 0 Å². The van der Waals surface area contributed by atoms with Gasteiger partial charge in [-0.3, -0.25) is 9.59 Å². The molecule has 0 aliphatic heterocycles. The van der Waals surface area contributed by atoms with Crippen molar-refractivity contribution in [2.45, 2.75) is 19.9 Å². The first-order chi connectivity index (χ1) is 12.4. The zero-order valence-corrected chi connectivity index (χ0v) is 16.7. The van der Waals surface area contributed by atoms with Gasteiger partial charge in [-0.2, -0.15) is 0 Å². The molecule has 0 radical (unpaired) electrons. The van der Waals surface area contributed by atoms with Crippen molar-refractivity contribution in [1.82, 2.24) is 10.2 Å². The maximum absolute atomic E-state index is 12.9. The molecule has 0 aliphatic carbocycles. The van der Waals surface area contributed by atoms with Crippen LogP contribution in [-0.4, -0.2) is 29.8 Å². The Morgan fingerprint density at radius 3 is 2.27 bits per heavy atom. The molecule has 0 saturated heterocycles. The predicted octanol–water partition coefficient (Wildman–Crippen LogP) is 4.99. The number of hydrogen-bond donors (Lipinski definition) is 1. The van der Waals surface area contributed by atoms with Gasteiger partial charge in [0.05, 0.1) is 10.0 Å². The smallest absolute Gasteiger partial charge is 0.252 e. The monoisotopic (exact) mass is 412 g/mol. The minimum Gasteiger partial charge on any atom is -0.341 e. The van der Waals surface area contributed by atoms with Crippen LogP contribution in [0.3, 0.4) is 0 Å². The quantitative estimate of drug-likeness (QED) is 0.725. The molecule has 0 saturated carbocycles. The second-order valence-electron chi connectivity index (χ2n) is 5.60. The summed E-state index contributed by atoms with van der Waals surface area (Å²) < 4.78 is 0. The predicted molar refractivity (Wildman–Crippen MR) is 106 cm³/mol. The second kappa shape index (κ2) is 9.26. The van der Waals surface area contributed by atoms with E-state index >= 15 is 0 Å². The van der Waals surface area contributed by atoms with Crippen LogP contribution in [0.2, 0.25) is 15.1 Å². The van der Waals surface area contributed by atoms with Crippen LogP contribution < -0.4 is 5.32 Å². The van der Waals surface area contributed by atoms with Crippen LogP contribution in [-0.2, 0) is 4.79 Å². The molecule has 2 rings (SSSR count). The van der Waals surface area contributed by atoms with Gasteiger partial charge in [0.25, 0.3) is 5.91 Å². The van der Waals surface area contributed by atoms with Crippen LogP contribution in [0.5, 0.6) is 0 Å². The molecular weight excluding hydrogens is 395 g/mol. The molecule has 1 unspecified atom stereocenters. The van der Waals surface area contributed by atoms with E-state index in [1.54, 1.807) is 47.4 Å². The van der Waals surface area contributed by atoms with E-state index in [1.807, 2.05) is 13.8 Å². The maximum Gasteiger partial charge on any atom is 0.252 e. The van der Waals surface area contributed by atoms with Crippen LogP contribution in [0.15, 0.2) is 42.5 Å². The summed E-state index contributed by atoms with van der Waals surface area (Å²) in [5.74, 6) is -0.618. The number of likely N-dealkylation sites (N-methyl/N-ethyl adjacent to an activating group) is 1. The number of rotatable bonds is 6. The first-order valence-electron chi connectivity index (χ1n) is 8.17. The number of nitrogens with zero attached hydrogens (tertiary/aromatic N) is 1. The molecule has 0 aromatic heterocycles. The van der Waals surface area contributed by atoms with Crippen molar-refractivity contribution < 1.29 is 9.59 Å². The lowest BCUT2D eigenvalue weighted by Crippen LogP contribution is -2.42. The fourth-order valence-corrected chi connectivity index (χ4v) is 3.04. The number of carbonyl (C=O) groups excluding carboxylic acids is 2. The second-order valence-corrected chi connectivity index (χ2v) is 6.85. The van der Waals surface area contributed by atoms with E-state index in [9.17, 15) is 9.59 Å². The van der Waals surface area contributed by atoms with Gasteiger partial charge >= 0.3 is 0 Å². The first-order valence-corrected chi connectivity index (χ1v) is 9.30. The number of hydrogen-bond acceptors (Lipinski definition) is 2. The molecule has 0 heterocycles. The van der Waals surface area contributed by atoms with Gasteiger partial charge in [-0.05, 0) is 49.7 Å². The summed E-state index contributed by atoms with van der Waals surface area (Å²) in [6, 6.07) is 10.5. The summed E-state index contributed by atoms with van der Waals surface area (Å²) in [5.41, 5.74) is 0.932. The lowest BCUT2D eigenvalue weighted by Gasteiger charge is -2.26. The Morgan fingerprint density at radius 2 is 1.69 bits per heavy atom. The summed E-state index contributed by atoms with van der Waals surface area (Å²) in [5, 5.41) is 3.92. The molecule has 0 aliphatic rings. The topological polar surface area (TPSA) is 49.4 Å². The summed E-state index contributed by atoms with van der Waals surface area (Å²) >= 11 is 18.0. The average molecular weight is 414 g/mol. The van der Waals surface area contributed by atoms with Gasteiger partial charge in [-0.1, -0.05) is 46.9 Å². The third kappa shape index (κ3) is 4.91. The van der Waals surface area contributed by atoms with Gasteiger partial charge < -0.3 is 10.2 Å². The Morgan fingerprint density at radius 1 is 1.00 bits per heavy atom. The largest absolute Gasteiger partial charge is 0.341 e. The van der Waals surface area contributed by atoms with Gasteiger partial charge in [0.1, 0.15) is 6.04 Å². The molecule has 7 heteroatoms. The molecule has 0 bridgehead atoms. The highest BCUT2D eigenvalue weighted by Crippen LogP contribution is 2.27. The number of halogens is 3. The Hall–Kier alpha value is -1.75. The highest BCUT2D eigenvalue weighted by molar-refractivity contribution is 6.42. The molecule has 2 amide bonds. The molecule has 4 nitrogen and oxygen atoms in total. The summed E-state index contributed by atoms with van der Waals surface area (Å²) in [6.45, 7) is 4.82. The van der Waals surface area contributed by atoms with E-state index in [4.69, 9.17) is 34.8 Å². The minimum atomic E-state index is -0.879. The van der Waals surface area contributed by atoms with Crippen molar-refractivity contribution in [1.29, 1.82) is 0 Å². The van der Waals surface area contributed by atoms with E-state index in [2.05, 4.69) is 5.32 Å². The molecule has 0 spiro atoms. The van der Waals surface area contributed by atoms with Crippen LogP contribution >= 0.6 is 34.8 Å². The molecule has 138 valence electrons. The fraction of sp³-hybridized carbons (Fsp3) is 0.263. The van der Waals surface area contributed by atoms with E-state index in [-0.39, 0.29) is 5.91 Å². The molecule has 0 fully saturated rings. The third-order valence-corrected chi connectivity index (χ3v) is 4.94. The van der Waals surface area contributed by atoms with Crippen molar-refractivity contribution in [2.75, 3.05) is 13.1 Å². The lowest BCUT2D eigenvalue weighted by molar-refractivity contribution is -0.133. The normalized spacial score (nSPS) is 11.7. The van der Waals surface area contributed by atoms with Crippen molar-refractivity contribution in [2.24, 2.45) is 0 Å². The van der Waals surface area contributed by atoms with Crippen LogP contribution in [0.4, 0.5) is 0 Å². The zero-order valence-electron chi connectivity index (χ0n) is 14.4. The minimum absolute atomic E-state index is 0.219. The van der Waals surface area contributed by atoms with E-state index in [0.29, 0.717) is 39.3 Å². The Kier molecular flexibility index (Phi) is 7.33. The van der Waals surface area contributed by atoms with Gasteiger partial charge in [0.2, 0.25) is 5.91 Å². The van der Waals surface area contributed by atoms with Gasteiger partial charge in [0, 0.05) is 23.7 Å². The highest BCUT2D eigenvalue weighted by Gasteiger charge is 2.27. The Bertz CT molecular complexity index is 807. The average Bonchev–Trinajstić information content (AvgIpc) is 2.62. The van der Waals surface area contributed by atoms with E-state index < -0.39 is 11.9 Å². The number of carbonyl (C=O) groups is 2. The number of benzene rings is 2. The summed E-state index contributed by atoms with van der Waals surface area (Å²) in [6.07, 6.45) is 0.